The van der Waals surface area contributed by atoms with Crippen molar-refractivity contribution in [3.63, 3.8) is 0 Å². The molecule has 12 heteroatoms. The van der Waals surface area contributed by atoms with Crippen molar-refractivity contribution in [2.24, 2.45) is 5.92 Å². The maximum absolute atomic E-state index is 12.7. The molecule has 44 heavy (non-hydrogen) atoms. The molecule has 6 rings (SSSR count). The summed E-state index contributed by atoms with van der Waals surface area (Å²) in [7, 11) is 0. The smallest absolute Gasteiger partial charge is 0.256 e. The molecule has 0 saturated carbocycles. The number of imidazole rings is 1. The van der Waals surface area contributed by atoms with E-state index in [2.05, 4.69) is 54.8 Å². The zero-order chi connectivity index (χ0) is 30.5. The maximum atomic E-state index is 12.7. The van der Waals surface area contributed by atoms with E-state index in [4.69, 9.17) is 4.74 Å². The second kappa shape index (κ2) is 13.6. The third-order valence-electron chi connectivity index (χ3n) is 8.44. The number of carbonyl (C=O) groups excluding carboxylic acids is 2. The fourth-order valence-corrected chi connectivity index (χ4v) is 5.91. The quantitative estimate of drug-likeness (QED) is 0.215. The molecule has 2 aliphatic heterocycles. The van der Waals surface area contributed by atoms with Crippen LogP contribution in [0.3, 0.4) is 0 Å². The Morgan fingerprint density at radius 2 is 1.66 bits per heavy atom. The van der Waals surface area contributed by atoms with Gasteiger partial charge in [-0.15, -0.1) is 0 Å². The van der Waals surface area contributed by atoms with E-state index in [9.17, 15) is 19.8 Å². The fourth-order valence-electron chi connectivity index (χ4n) is 5.91. The monoisotopic (exact) mass is 599 g/mol. The summed E-state index contributed by atoms with van der Waals surface area (Å²) < 4.78 is 7.53. The maximum Gasteiger partial charge on any atom is 0.256 e. The van der Waals surface area contributed by atoms with E-state index in [-0.39, 0.29) is 30.5 Å². The molecule has 2 amide bonds. The Balaban J connectivity index is 0.990. The van der Waals surface area contributed by atoms with Crippen LogP contribution in [0, 0.1) is 5.92 Å². The van der Waals surface area contributed by atoms with Crippen LogP contribution in [0.5, 0.6) is 0 Å². The predicted molar refractivity (Wildman–Crippen MR) is 162 cm³/mol. The van der Waals surface area contributed by atoms with Crippen LogP contribution in [0.2, 0.25) is 0 Å². The fraction of sp³-hybridized carbons (Fsp3) is 0.406. The summed E-state index contributed by atoms with van der Waals surface area (Å²) in [5.41, 5.74) is 2.42. The van der Waals surface area contributed by atoms with Crippen LogP contribution in [0.15, 0.2) is 73.3 Å². The normalized spacial score (nSPS) is 22.7. The number of fused-ring (bicyclic) bond motifs is 1. The van der Waals surface area contributed by atoms with E-state index in [0.717, 1.165) is 32.5 Å². The van der Waals surface area contributed by atoms with Crippen LogP contribution in [0.25, 0.3) is 11.2 Å². The molecule has 0 radical (unpaired) electrons. The van der Waals surface area contributed by atoms with E-state index in [1.165, 1.54) is 22.8 Å². The molecule has 2 fully saturated rings. The largest absolute Gasteiger partial charge is 0.388 e. The molecule has 0 aliphatic carbocycles. The van der Waals surface area contributed by atoms with Gasteiger partial charge in [-0.2, -0.15) is 0 Å². The highest BCUT2D eigenvalue weighted by Gasteiger charge is 2.44. The van der Waals surface area contributed by atoms with Crippen molar-refractivity contribution in [3.8, 4) is 0 Å². The highest BCUT2D eigenvalue weighted by Crippen LogP contribution is 2.34. The van der Waals surface area contributed by atoms with E-state index < -0.39 is 24.5 Å². The van der Waals surface area contributed by atoms with Crippen LogP contribution < -0.4 is 10.6 Å². The summed E-state index contributed by atoms with van der Waals surface area (Å²) in [4.78, 5) is 40.6. The number of likely N-dealkylation sites (tertiary alicyclic amines) is 1. The van der Waals surface area contributed by atoms with E-state index in [1.54, 1.807) is 24.3 Å². The molecule has 2 aliphatic rings. The number of carbonyl (C=O) groups is 2. The summed E-state index contributed by atoms with van der Waals surface area (Å²) in [6.07, 6.45) is 1.00. The molecule has 0 bridgehead atoms. The van der Waals surface area contributed by atoms with Crippen molar-refractivity contribution in [3.05, 3.63) is 84.4 Å². The Kier molecular flexibility index (Phi) is 9.22. The van der Waals surface area contributed by atoms with Crippen LogP contribution in [0.4, 0.5) is 5.82 Å². The minimum atomic E-state index is -1.26. The first-order valence-electron chi connectivity index (χ1n) is 15.0. The molecule has 4 N–H and O–H groups in total. The van der Waals surface area contributed by atoms with Crippen LogP contribution in [-0.4, -0.2) is 84.4 Å². The number of aromatic nitrogens is 4. The SMILES string of the molecule is O=C(CC[C@H]1O[C@@H](n2cnc3c(NC(=O)c4ccccc4)ncnc32)[C@H](O)[C@@H]1O)NCC1CCN(Cc2ccccc2)CC1. The van der Waals surface area contributed by atoms with Crippen molar-refractivity contribution >= 4 is 28.8 Å². The van der Waals surface area contributed by atoms with Crippen molar-refractivity contribution in [2.75, 3.05) is 25.0 Å². The molecule has 2 aromatic carbocycles. The average Bonchev–Trinajstić information content (AvgIpc) is 3.61. The molecular formula is C32H37N7O5. The molecule has 4 atom stereocenters. The number of rotatable bonds is 10. The van der Waals surface area contributed by atoms with Gasteiger partial charge in [-0.1, -0.05) is 48.5 Å². The predicted octanol–water partition coefficient (Wildman–Crippen LogP) is 2.51. The van der Waals surface area contributed by atoms with Crippen LogP contribution in [-0.2, 0) is 16.1 Å². The van der Waals surface area contributed by atoms with E-state index in [0.29, 0.717) is 29.2 Å². The Hall–Kier alpha value is -4.23. The van der Waals surface area contributed by atoms with Gasteiger partial charge in [0.15, 0.2) is 23.2 Å². The number of nitrogens with one attached hydrogen (secondary N) is 2. The van der Waals surface area contributed by atoms with Crippen LogP contribution in [0.1, 0.15) is 47.8 Å². The van der Waals surface area contributed by atoms with Gasteiger partial charge in [-0.05, 0) is 56.0 Å². The molecule has 230 valence electrons. The topological polar surface area (TPSA) is 155 Å². The van der Waals surface area contributed by atoms with Crippen molar-refractivity contribution in [1.29, 1.82) is 0 Å². The van der Waals surface area contributed by atoms with Gasteiger partial charge in [-0.3, -0.25) is 19.1 Å². The number of amides is 2. The first-order valence-corrected chi connectivity index (χ1v) is 15.0. The lowest BCUT2D eigenvalue weighted by molar-refractivity contribution is -0.122. The molecule has 4 heterocycles. The zero-order valence-electron chi connectivity index (χ0n) is 24.3. The highest BCUT2D eigenvalue weighted by molar-refractivity contribution is 6.06. The van der Waals surface area contributed by atoms with Gasteiger partial charge >= 0.3 is 0 Å². The van der Waals surface area contributed by atoms with Crippen molar-refractivity contribution < 1.29 is 24.5 Å². The molecule has 4 aromatic rings. The Bertz CT molecular complexity index is 1560. The minimum absolute atomic E-state index is 0.106. The van der Waals surface area contributed by atoms with Gasteiger partial charge in [-0.25, -0.2) is 15.0 Å². The molecule has 2 aromatic heterocycles. The molecule has 0 spiro atoms. The summed E-state index contributed by atoms with van der Waals surface area (Å²) in [6.45, 7) is 3.59. The molecule has 2 saturated heterocycles. The third-order valence-corrected chi connectivity index (χ3v) is 8.44. The first-order chi connectivity index (χ1) is 21.5. The van der Waals surface area contributed by atoms with Gasteiger partial charge in [0.1, 0.15) is 18.5 Å². The standard InChI is InChI=1S/C32H37N7O5/c40-25(33-17-21-13-15-38(16-14-21)18-22-7-3-1-4-8-22)12-11-24-27(41)28(42)32(44-24)39-20-36-26-29(34-19-35-30(26)39)37-31(43)23-9-5-2-6-10-23/h1-10,19-21,24,27-28,32,41-42H,11-18H2,(H,33,40)(H,34,35,37,43)/t24-,27-,28-,32-/m1/s1. The number of ether oxygens (including phenoxy) is 1. The number of aliphatic hydroxyl groups is 2. The lowest BCUT2D eigenvalue weighted by atomic mass is 9.96. The second-order valence-corrected chi connectivity index (χ2v) is 11.5. The third kappa shape index (κ3) is 6.78. The average molecular weight is 600 g/mol. The number of aliphatic hydroxyl groups excluding tert-OH is 2. The van der Waals surface area contributed by atoms with Gasteiger partial charge in [0, 0.05) is 25.1 Å². The first kappa shape index (κ1) is 29.8. The zero-order valence-corrected chi connectivity index (χ0v) is 24.3. The number of anilines is 1. The molecule has 12 nitrogen and oxygen atoms in total. The van der Waals surface area contributed by atoms with Crippen molar-refractivity contribution in [1.82, 2.24) is 29.7 Å². The summed E-state index contributed by atoms with van der Waals surface area (Å²) >= 11 is 0. The molecule has 0 unspecified atom stereocenters. The number of nitrogens with zero attached hydrogens (tertiary/aromatic N) is 5. The van der Waals surface area contributed by atoms with Crippen LogP contribution >= 0.6 is 0 Å². The Labute approximate surface area is 255 Å². The highest BCUT2D eigenvalue weighted by atomic mass is 16.6. The van der Waals surface area contributed by atoms with Gasteiger partial charge in [0.05, 0.1) is 12.4 Å². The van der Waals surface area contributed by atoms with Gasteiger partial charge in [0.2, 0.25) is 5.91 Å². The lowest BCUT2D eigenvalue weighted by Crippen LogP contribution is -2.38. The van der Waals surface area contributed by atoms with E-state index in [1.807, 2.05) is 12.1 Å². The lowest BCUT2D eigenvalue weighted by Gasteiger charge is -2.32. The van der Waals surface area contributed by atoms with Crippen molar-refractivity contribution in [2.45, 2.75) is 56.8 Å². The van der Waals surface area contributed by atoms with Gasteiger partial charge in [0.25, 0.3) is 5.91 Å². The molecular weight excluding hydrogens is 562 g/mol. The van der Waals surface area contributed by atoms with E-state index >= 15 is 0 Å². The Morgan fingerprint density at radius 3 is 2.41 bits per heavy atom. The number of benzene rings is 2. The summed E-state index contributed by atoms with van der Waals surface area (Å²) in [5, 5.41) is 27.4. The summed E-state index contributed by atoms with van der Waals surface area (Å²) in [6, 6.07) is 19.2. The number of piperidine rings is 1. The van der Waals surface area contributed by atoms with Gasteiger partial charge < -0.3 is 25.6 Å². The minimum Gasteiger partial charge on any atom is -0.388 e. The second-order valence-electron chi connectivity index (χ2n) is 11.5. The Morgan fingerprint density at radius 1 is 0.932 bits per heavy atom. The summed E-state index contributed by atoms with van der Waals surface area (Å²) in [5.74, 6) is 0.194. The number of hydrogen-bond donors (Lipinski definition) is 4. The number of hydrogen-bond acceptors (Lipinski definition) is 9.